The number of aromatic carboxylic acids is 1. The van der Waals surface area contributed by atoms with Gasteiger partial charge in [0, 0.05) is 19.3 Å². The molecular formula is C15H20N2O3. The van der Waals surface area contributed by atoms with Crippen LogP contribution in [-0.4, -0.2) is 40.0 Å². The van der Waals surface area contributed by atoms with Crippen LogP contribution < -0.4 is 0 Å². The third-order valence-corrected chi connectivity index (χ3v) is 3.92. The van der Waals surface area contributed by atoms with Crippen molar-refractivity contribution in [2.45, 2.75) is 44.6 Å². The second-order valence-electron chi connectivity index (χ2n) is 5.30. The van der Waals surface area contributed by atoms with Gasteiger partial charge in [-0.2, -0.15) is 0 Å². The normalized spacial score (nSPS) is 16.4. The maximum atomic E-state index is 12.4. The monoisotopic (exact) mass is 276 g/mol. The minimum atomic E-state index is -1.04. The van der Waals surface area contributed by atoms with Crippen LogP contribution in [0.1, 0.15) is 59.4 Å². The van der Waals surface area contributed by atoms with E-state index in [1.165, 1.54) is 31.2 Å². The Hall–Kier alpha value is -1.91. The number of carbonyl (C=O) groups excluding carboxylic acids is 1. The van der Waals surface area contributed by atoms with Gasteiger partial charge in [0.15, 0.2) is 0 Å². The summed E-state index contributed by atoms with van der Waals surface area (Å²) in [5.74, 6) is -1.24. The van der Waals surface area contributed by atoms with Crippen molar-refractivity contribution in [3.05, 3.63) is 29.6 Å². The van der Waals surface area contributed by atoms with E-state index >= 15 is 0 Å². The van der Waals surface area contributed by atoms with E-state index in [9.17, 15) is 9.59 Å². The zero-order valence-corrected chi connectivity index (χ0v) is 11.7. The van der Waals surface area contributed by atoms with Gasteiger partial charge < -0.3 is 10.0 Å². The van der Waals surface area contributed by atoms with Crippen LogP contribution in [0.5, 0.6) is 0 Å². The summed E-state index contributed by atoms with van der Waals surface area (Å²) in [7, 11) is 1.79. The van der Waals surface area contributed by atoms with Gasteiger partial charge in [0.1, 0.15) is 5.69 Å². The molecule has 108 valence electrons. The van der Waals surface area contributed by atoms with E-state index in [4.69, 9.17) is 5.11 Å². The molecule has 1 aromatic rings. The molecule has 0 spiro atoms. The van der Waals surface area contributed by atoms with Gasteiger partial charge in [-0.05, 0) is 25.0 Å². The fourth-order valence-electron chi connectivity index (χ4n) is 2.67. The molecule has 0 atom stereocenters. The maximum absolute atomic E-state index is 12.4. The third kappa shape index (κ3) is 3.35. The molecule has 1 amide bonds. The van der Waals surface area contributed by atoms with Crippen molar-refractivity contribution in [1.82, 2.24) is 9.88 Å². The summed E-state index contributed by atoms with van der Waals surface area (Å²) in [6, 6.07) is 2.98. The van der Waals surface area contributed by atoms with Crippen LogP contribution in [0, 0.1) is 0 Å². The molecule has 2 rings (SSSR count). The summed E-state index contributed by atoms with van der Waals surface area (Å²) < 4.78 is 0. The average molecular weight is 276 g/mol. The van der Waals surface area contributed by atoms with E-state index in [-0.39, 0.29) is 23.2 Å². The molecule has 0 aromatic carbocycles. The van der Waals surface area contributed by atoms with Gasteiger partial charge in [0.05, 0.1) is 5.56 Å². The fourth-order valence-corrected chi connectivity index (χ4v) is 2.67. The highest BCUT2D eigenvalue weighted by Gasteiger charge is 2.23. The number of pyridine rings is 1. The van der Waals surface area contributed by atoms with Gasteiger partial charge >= 0.3 is 5.97 Å². The molecule has 20 heavy (non-hydrogen) atoms. The topological polar surface area (TPSA) is 70.5 Å². The Morgan fingerprint density at radius 2 is 1.90 bits per heavy atom. The number of aromatic nitrogens is 1. The number of carboxylic acids is 1. The van der Waals surface area contributed by atoms with Crippen molar-refractivity contribution in [3.8, 4) is 0 Å². The molecule has 0 unspecified atom stereocenters. The van der Waals surface area contributed by atoms with Crippen molar-refractivity contribution < 1.29 is 14.7 Å². The molecule has 0 bridgehead atoms. The number of hydrogen-bond acceptors (Lipinski definition) is 3. The lowest BCUT2D eigenvalue weighted by molar-refractivity contribution is 0.0696. The molecule has 0 aliphatic heterocycles. The second kappa shape index (κ2) is 6.50. The van der Waals surface area contributed by atoms with Crippen LogP contribution in [0.3, 0.4) is 0 Å². The largest absolute Gasteiger partial charge is 0.478 e. The number of rotatable bonds is 3. The van der Waals surface area contributed by atoms with Crippen LogP contribution in [0.4, 0.5) is 0 Å². The Morgan fingerprint density at radius 1 is 1.25 bits per heavy atom. The minimum Gasteiger partial charge on any atom is -0.478 e. The van der Waals surface area contributed by atoms with E-state index in [2.05, 4.69) is 4.98 Å². The zero-order chi connectivity index (χ0) is 14.5. The molecule has 1 saturated carbocycles. The van der Waals surface area contributed by atoms with E-state index in [0.717, 1.165) is 25.7 Å². The molecule has 1 fully saturated rings. The predicted octanol–water partition coefficient (Wildman–Crippen LogP) is 2.57. The molecule has 1 aliphatic carbocycles. The number of nitrogens with zero attached hydrogens (tertiary/aromatic N) is 2. The Kier molecular flexibility index (Phi) is 4.71. The summed E-state index contributed by atoms with van der Waals surface area (Å²) in [5.41, 5.74) is 0.300. The lowest BCUT2D eigenvalue weighted by atomic mass is 10.1. The average Bonchev–Trinajstić information content (AvgIpc) is 2.75. The fraction of sp³-hybridized carbons (Fsp3) is 0.533. The van der Waals surface area contributed by atoms with Gasteiger partial charge in [-0.15, -0.1) is 0 Å². The molecule has 1 aromatic heterocycles. The first kappa shape index (κ1) is 14.5. The Balaban J connectivity index is 2.13. The maximum Gasteiger partial charge on any atom is 0.335 e. The quantitative estimate of drug-likeness (QED) is 0.861. The van der Waals surface area contributed by atoms with Gasteiger partial charge in [0.2, 0.25) is 0 Å². The van der Waals surface area contributed by atoms with Gasteiger partial charge in [-0.1, -0.05) is 25.7 Å². The van der Waals surface area contributed by atoms with Gasteiger partial charge in [-0.3, -0.25) is 9.78 Å². The number of hydrogen-bond donors (Lipinski definition) is 1. The smallest absolute Gasteiger partial charge is 0.335 e. The molecule has 0 radical (unpaired) electrons. The van der Waals surface area contributed by atoms with E-state index in [1.807, 2.05) is 0 Å². The second-order valence-corrected chi connectivity index (χ2v) is 5.30. The predicted molar refractivity (Wildman–Crippen MR) is 74.8 cm³/mol. The number of amides is 1. The highest BCUT2D eigenvalue weighted by Crippen LogP contribution is 2.22. The Bertz CT molecular complexity index is 494. The van der Waals surface area contributed by atoms with Crippen molar-refractivity contribution in [3.63, 3.8) is 0 Å². The third-order valence-electron chi connectivity index (χ3n) is 3.92. The summed E-state index contributed by atoms with van der Waals surface area (Å²) in [6.07, 6.45) is 8.14. The minimum absolute atomic E-state index is 0.0950. The van der Waals surface area contributed by atoms with Crippen LogP contribution in [0.2, 0.25) is 0 Å². The first-order valence-corrected chi connectivity index (χ1v) is 7.06. The molecule has 5 heteroatoms. The first-order chi connectivity index (χ1) is 9.59. The highest BCUT2D eigenvalue weighted by molar-refractivity contribution is 5.95. The van der Waals surface area contributed by atoms with E-state index in [1.54, 1.807) is 11.9 Å². The lowest BCUT2D eigenvalue weighted by Crippen LogP contribution is -2.37. The Morgan fingerprint density at radius 3 is 2.50 bits per heavy atom. The highest BCUT2D eigenvalue weighted by atomic mass is 16.4. The molecule has 1 aliphatic rings. The first-order valence-electron chi connectivity index (χ1n) is 7.06. The molecule has 1 N–H and O–H groups in total. The van der Waals surface area contributed by atoms with E-state index in [0.29, 0.717) is 0 Å². The number of carboxylic acid groups (broad SMARTS) is 1. The summed E-state index contributed by atoms with van der Waals surface area (Å²) in [4.78, 5) is 29.1. The SMILES string of the molecule is CN(C(=O)c1cc(C(=O)O)ccn1)C1CCCCCC1. The summed E-state index contributed by atoms with van der Waals surface area (Å²) in [5, 5.41) is 8.96. The zero-order valence-electron chi connectivity index (χ0n) is 11.7. The molecule has 0 saturated heterocycles. The lowest BCUT2D eigenvalue weighted by Gasteiger charge is -2.27. The standard InChI is InChI=1S/C15H20N2O3/c1-17(12-6-4-2-3-5-7-12)14(18)13-10-11(15(19)20)8-9-16-13/h8-10,12H,2-7H2,1H3,(H,19,20). The Labute approximate surface area is 118 Å². The van der Waals surface area contributed by atoms with Gasteiger partial charge in [0.25, 0.3) is 5.91 Å². The molecule has 5 nitrogen and oxygen atoms in total. The van der Waals surface area contributed by atoms with Gasteiger partial charge in [-0.25, -0.2) is 4.79 Å². The number of carbonyl (C=O) groups is 2. The van der Waals surface area contributed by atoms with Crippen LogP contribution in [0.25, 0.3) is 0 Å². The molecular weight excluding hydrogens is 256 g/mol. The van der Waals surface area contributed by atoms with Crippen molar-refractivity contribution in [2.75, 3.05) is 7.05 Å². The molecule has 1 heterocycles. The summed E-state index contributed by atoms with van der Waals surface area (Å²) in [6.45, 7) is 0. The van der Waals surface area contributed by atoms with Crippen LogP contribution in [0.15, 0.2) is 18.3 Å². The van der Waals surface area contributed by atoms with Crippen molar-refractivity contribution >= 4 is 11.9 Å². The van der Waals surface area contributed by atoms with Crippen LogP contribution in [-0.2, 0) is 0 Å². The van der Waals surface area contributed by atoms with Crippen LogP contribution >= 0.6 is 0 Å². The van der Waals surface area contributed by atoms with Crippen molar-refractivity contribution in [1.29, 1.82) is 0 Å². The van der Waals surface area contributed by atoms with Crippen molar-refractivity contribution in [2.24, 2.45) is 0 Å². The van der Waals surface area contributed by atoms with E-state index < -0.39 is 5.97 Å². The summed E-state index contributed by atoms with van der Waals surface area (Å²) >= 11 is 0.